The van der Waals surface area contributed by atoms with Gasteiger partial charge in [-0.3, -0.25) is 9.78 Å². The summed E-state index contributed by atoms with van der Waals surface area (Å²) in [5.41, 5.74) is 1.70. The second kappa shape index (κ2) is 8.80. The lowest BCUT2D eigenvalue weighted by Gasteiger charge is -2.09. The molecule has 5 nitrogen and oxygen atoms in total. The third-order valence-electron chi connectivity index (χ3n) is 3.86. The number of nitrogens with one attached hydrogen (secondary N) is 1. The van der Waals surface area contributed by atoms with Crippen molar-refractivity contribution < 1.29 is 18.7 Å². The minimum Gasteiger partial charge on any atom is -0.497 e. The number of rotatable bonds is 7. The highest BCUT2D eigenvalue weighted by molar-refractivity contribution is 5.94. The van der Waals surface area contributed by atoms with Crippen molar-refractivity contribution in [1.82, 2.24) is 10.3 Å². The molecule has 0 atom stereocenters. The molecule has 0 fully saturated rings. The third-order valence-corrected chi connectivity index (χ3v) is 3.86. The Morgan fingerprint density at radius 3 is 2.52 bits per heavy atom. The molecule has 1 N–H and O–H groups in total. The fraction of sp³-hybridized carbons (Fsp3) is 0.143. The van der Waals surface area contributed by atoms with Crippen molar-refractivity contribution in [3.05, 3.63) is 78.2 Å². The van der Waals surface area contributed by atoms with Gasteiger partial charge in [-0.1, -0.05) is 12.1 Å². The Kier molecular flexibility index (Phi) is 5.99. The van der Waals surface area contributed by atoms with Gasteiger partial charge in [0.2, 0.25) is 0 Å². The molecule has 3 aromatic rings. The van der Waals surface area contributed by atoms with Gasteiger partial charge in [0.1, 0.15) is 23.9 Å². The topological polar surface area (TPSA) is 60.5 Å². The van der Waals surface area contributed by atoms with Crippen LogP contribution in [0.4, 0.5) is 4.39 Å². The Morgan fingerprint density at radius 1 is 1.07 bits per heavy atom. The van der Waals surface area contributed by atoms with E-state index in [-0.39, 0.29) is 11.7 Å². The van der Waals surface area contributed by atoms with Crippen LogP contribution in [0.2, 0.25) is 0 Å². The van der Waals surface area contributed by atoms with E-state index in [1.807, 2.05) is 0 Å². The molecule has 1 amide bonds. The zero-order chi connectivity index (χ0) is 19.1. The summed E-state index contributed by atoms with van der Waals surface area (Å²) in [5.74, 6) is 0.885. The molecule has 0 bridgehead atoms. The summed E-state index contributed by atoms with van der Waals surface area (Å²) in [7, 11) is 1.60. The normalized spacial score (nSPS) is 10.3. The van der Waals surface area contributed by atoms with Crippen LogP contribution in [0.3, 0.4) is 0 Å². The highest BCUT2D eigenvalue weighted by atomic mass is 19.1. The lowest BCUT2D eigenvalue weighted by Crippen LogP contribution is -2.28. The van der Waals surface area contributed by atoms with E-state index in [2.05, 4.69) is 10.3 Å². The number of hydrogen-bond acceptors (Lipinski definition) is 4. The Morgan fingerprint density at radius 2 is 1.85 bits per heavy atom. The summed E-state index contributed by atoms with van der Waals surface area (Å²) >= 11 is 0. The van der Waals surface area contributed by atoms with Crippen LogP contribution in [0.15, 0.2) is 66.9 Å². The molecule has 27 heavy (non-hydrogen) atoms. The van der Waals surface area contributed by atoms with Crippen LogP contribution in [-0.4, -0.2) is 31.2 Å². The van der Waals surface area contributed by atoms with Gasteiger partial charge < -0.3 is 14.8 Å². The van der Waals surface area contributed by atoms with Gasteiger partial charge in [0.25, 0.3) is 5.91 Å². The monoisotopic (exact) mass is 366 g/mol. The fourth-order valence-corrected chi connectivity index (χ4v) is 2.45. The maximum Gasteiger partial charge on any atom is 0.252 e. The molecule has 0 aliphatic carbocycles. The van der Waals surface area contributed by atoms with Gasteiger partial charge in [-0.2, -0.15) is 0 Å². The predicted octanol–water partition coefficient (Wildman–Crippen LogP) is 3.71. The van der Waals surface area contributed by atoms with Crippen LogP contribution in [0.5, 0.6) is 11.5 Å². The number of hydrogen-bond donors (Lipinski definition) is 1. The standard InChI is InChI=1S/C21H19FN2O3/c1-26-18-6-8-19(9-7-18)27-12-11-23-21(25)16-5-10-20(24-14-16)15-3-2-4-17(22)13-15/h2-10,13-14H,11-12H2,1H3,(H,23,25). The number of nitrogens with zero attached hydrogens (tertiary/aromatic N) is 1. The second-order valence-corrected chi connectivity index (χ2v) is 5.72. The molecule has 0 unspecified atom stereocenters. The number of amides is 1. The van der Waals surface area contributed by atoms with E-state index in [9.17, 15) is 9.18 Å². The van der Waals surface area contributed by atoms with E-state index in [1.54, 1.807) is 55.6 Å². The van der Waals surface area contributed by atoms with E-state index in [0.29, 0.717) is 35.7 Å². The number of methoxy groups -OCH3 is 1. The summed E-state index contributed by atoms with van der Waals surface area (Å²) in [6, 6.07) is 16.7. The van der Waals surface area contributed by atoms with Crippen molar-refractivity contribution in [2.24, 2.45) is 0 Å². The number of carbonyl (C=O) groups excluding carboxylic acids is 1. The molecule has 138 valence electrons. The zero-order valence-corrected chi connectivity index (χ0v) is 14.8. The van der Waals surface area contributed by atoms with Gasteiger partial charge in [-0.05, 0) is 48.5 Å². The van der Waals surface area contributed by atoms with Crippen molar-refractivity contribution in [2.75, 3.05) is 20.3 Å². The van der Waals surface area contributed by atoms with E-state index in [4.69, 9.17) is 9.47 Å². The number of aromatic nitrogens is 1. The van der Waals surface area contributed by atoms with Gasteiger partial charge in [0, 0.05) is 11.8 Å². The molecule has 1 aromatic heterocycles. The maximum absolute atomic E-state index is 13.3. The summed E-state index contributed by atoms with van der Waals surface area (Å²) in [6.07, 6.45) is 1.47. The quantitative estimate of drug-likeness (QED) is 0.648. The van der Waals surface area contributed by atoms with Gasteiger partial charge in [0.15, 0.2) is 0 Å². The lowest BCUT2D eigenvalue weighted by molar-refractivity contribution is 0.0946. The van der Waals surface area contributed by atoms with Crippen LogP contribution < -0.4 is 14.8 Å². The Bertz CT molecular complexity index is 896. The van der Waals surface area contributed by atoms with Gasteiger partial charge >= 0.3 is 0 Å². The smallest absolute Gasteiger partial charge is 0.252 e. The van der Waals surface area contributed by atoms with Gasteiger partial charge in [-0.25, -0.2) is 4.39 Å². The largest absolute Gasteiger partial charge is 0.497 e. The summed E-state index contributed by atoms with van der Waals surface area (Å²) < 4.78 is 23.9. The van der Waals surface area contributed by atoms with E-state index in [0.717, 1.165) is 5.75 Å². The number of halogens is 1. The Labute approximate surface area is 156 Å². The molecule has 0 spiro atoms. The lowest BCUT2D eigenvalue weighted by atomic mass is 10.1. The summed E-state index contributed by atoms with van der Waals surface area (Å²) in [5, 5.41) is 2.77. The first-order valence-electron chi connectivity index (χ1n) is 8.43. The fourth-order valence-electron chi connectivity index (χ4n) is 2.45. The Hall–Kier alpha value is -3.41. The van der Waals surface area contributed by atoms with Crippen LogP contribution in [0.25, 0.3) is 11.3 Å². The average Bonchev–Trinajstić information content (AvgIpc) is 2.71. The molecule has 0 aliphatic rings. The average molecular weight is 366 g/mol. The SMILES string of the molecule is COc1ccc(OCCNC(=O)c2ccc(-c3cccc(F)c3)nc2)cc1. The highest BCUT2D eigenvalue weighted by Gasteiger charge is 2.07. The first-order valence-corrected chi connectivity index (χ1v) is 8.43. The molecule has 0 radical (unpaired) electrons. The molecule has 1 heterocycles. The molecule has 0 aliphatic heterocycles. The van der Waals surface area contributed by atoms with E-state index in [1.165, 1.54) is 18.3 Å². The van der Waals surface area contributed by atoms with Gasteiger partial charge in [0.05, 0.1) is 24.9 Å². The minimum absolute atomic E-state index is 0.244. The summed E-state index contributed by atoms with van der Waals surface area (Å²) in [4.78, 5) is 16.4. The number of pyridine rings is 1. The molecular formula is C21H19FN2O3. The van der Waals surface area contributed by atoms with Gasteiger partial charge in [-0.15, -0.1) is 0 Å². The van der Waals surface area contributed by atoms with Crippen molar-refractivity contribution in [3.8, 4) is 22.8 Å². The van der Waals surface area contributed by atoms with Crippen molar-refractivity contribution in [1.29, 1.82) is 0 Å². The highest BCUT2D eigenvalue weighted by Crippen LogP contribution is 2.18. The molecule has 2 aromatic carbocycles. The summed E-state index contributed by atoms with van der Waals surface area (Å²) in [6.45, 7) is 0.698. The number of benzene rings is 2. The number of ether oxygens (including phenoxy) is 2. The first kappa shape index (κ1) is 18.4. The van der Waals surface area contributed by atoms with Crippen LogP contribution in [0.1, 0.15) is 10.4 Å². The van der Waals surface area contributed by atoms with E-state index >= 15 is 0 Å². The molecule has 0 saturated heterocycles. The third kappa shape index (κ3) is 5.04. The number of carbonyl (C=O) groups is 1. The van der Waals surface area contributed by atoms with Crippen molar-refractivity contribution >= 4 is 5.91 Å². The Balaban J connectivity index is 1.49. The zero-order valence-electron chi connectivity index (χ0n) is 14.8. The van der Waals surface area contributed by atoms with Crippen molar-refractivity contribution in [3.63, 3.8) is 0 Å². The predicted molar refractivity (Wildman–Crippen MR) is 100 cm³/mol. The molecule has 0 saturated carbocycles. The first-order chi connectivity index (χ1) is 13.2. The van der Waals surface area contributed by atoms with Crippen molar-refractivity contribution in [2.45, 2.75) is 0 Å². The van der Waals surface area contributed by atoms with Crippen LogP contribution in [0, 0.1) is 5.82 Å². The van der Waals surface area contributed by atoms with Crippen LogP contribution >= 0.6 is 0 Å². The second-order valence-electron chi connectivity index (χ2n) is 5.72. The van der Waals surface area contributed by atoms with Crippen LogP contribution in [-0.2, 0) is 0 Å². The molecule has 3 rings (SSSR count). The minimum atomic E-state index is -0.326. The molecule has 6 heteroatoms. The van der Waals surface area contributed by atoms with E-state index < -0.39 is 0 Å². The molecular weight excluding hydrogens is 347 g/mol. The maximum atomic E-state index is 13.3.